The minimum absolute atomic E-state index is 0.0422. The highest BCUT2D eigenvalue weighted by Crippen LogP contribution is 2.31. The maximum absolute atomic E-state index is 11.8. The molecule has 0 saturated heterocycles. The molecule has 0 aliphatic heterocycles. The van der Waals surface area contributed by atoms with Gasteiger partial charge in [0.2, 0.25) is 0 Å². The van der Waals surface area contributed by atoms with Crippen molar-refractivity contribution in [3.63, 3.8) is 0 Å². The molecule has 4 heteroatoms. The Morgan fingerprint density at radius 1 is 1.43 bits per heavy atom. The Morgan fingerprint density at radius 2 is 2.14 bits per heavy atom. The number of rotatable bonds is 7. The molecule has 4 nitrogen and oxygen atoms in total. The Labute approximate surface area is 127 Å². The maximum atomic E-state index is 11.8. The number of ether oxygens (including phenoxy) is 1. The number of amides is 1. The number of nitrogens with two attached hydrogens (primary N) is 1. The number of carbonyl (C=O) groups excluding carboxylic acids is 1. The second-order valence-corrected chi connectivity index (χ2v) is 6.29. The minimum Gasteiger partial charge on any atom is -0.483 e. The minimum atomic E-state index is -0.109. The summed E-state index contributed by atoms with van der Waals surface area (Å²) in [6.07, 6.45) is 2.38. The van der Waals surface area contributed by atoms with Gasteiger partial charge < -0.3 is 15.8 Å². The van der Waals surface area contributed by atoms with Gasteiger partial charge in [-0.15, -0.1) is 0 Å². The average Bonchev–Trinajstić information content (AvgIpc) is 3.26. The molecule has 0 aromatic heterocycles. The lowest BCUT2D eigenvalue weighted by Gasteiger charge is -2.15. The van der Waals surface area contributed by atoms with Crippen LogP contribution in [0.5, 0.6) is 5.75 Å². The molecule has 0 heterocycles. The molecule has 0 spiro atoms. The smallest absolute Gasteiger partial charge is 0.257 e. The van der Waals surface area contributed by atoms with Gasteiger partial charge in [0.05, 0.1) is 0 Å². The highest BCUT2D eigenvalue weighted by atomic mass is 16.5. The lowest BCUT2D eigenvalue weighted by Crippen LogP contribution is -2.40. The summed E-state index contributed by atoms with van der Waals surface area (Å²) in [5.41, 5.74) is 8.22. The van der Waals surface area contributed by atoms with E-state index in [1.807, 2.05) is 13.0 Å². The standard InChI is InChI=1S/C17H26N2O2/c1-11(2)14-7-4-12(3)8-16(14)21-10-17(20)19-9-15(18)13-5-6-13/h4,7-8,11,13,15H,5-6,9-10,18H2,1-3H3,(H,19,20). The summed E-state index contributed by atoms with van der Waals surface area (Å²) in [5.74, 6) is 1.65. The van der Waals surface area contributed by atoms with Crippen LogP contribution in [0.2, 0.25) is 0 Å². The Balaban J connectivity index is 1.84. The van der Waals surface area contributed by atoms with Gasteiger partial charge >= 0.3 is 0 Å². The fourth-order valence-electron chi connectivity index (χ4n) is 2.36. The van der Waals surface area contributed by atoms with Gasteiger partial charge in [-0.1, -0.05) is 26.0 Å². The summed E-state index contributed by atoms with van der Waals surface area (Å²) in [5, 5.41) is 2.85. The Hall–Kier alpha value is -1.55. The molecule has 1 aromatic carbocycles. The number of nitrogens with one attached hydrogen (secondary N) is 1. The monoisotopic (exact) mass is 290 g/mol. The summed E-state index contributed by atoms with van der Waals surface area (Å²) in [6, 6.07) is 6.20. The van der Waals surface area contributed by atoms with Crippen LogP contribution in [0.1, 0.15) is 43.7 Å². The van der Waals surface area contributed by atoms with Crippen LogP contribution in [0.15, 0.2) is 18.2 Å². The van der Waals surface area contributed by atoms with Gasteiger partial charge in [0, 0.05) is 12.6 Å². The quantitative estimate of drug-likeness (QED) is 0.810. The van der Waals surface area contributed by atoms with Crippen LogP contribution in [0, 0.1) is 12.8 Å². The average molecular weight is 290 g/mol. The van der Waals surface area contributed by atoms with Crippen LogP contribution >= 0.6 is 0 Å². The third-order valence-electron chi connectivity index (χ3n) is 3.91. The van der Waals surface area contributed by atoms with Crippen LogP contribution < -0.4 is 15.8 Å². The number of hydrogen-bond donors (Lipinski definition) is 2. The van der Waals surface area contributed by atoms with Gasteiger partial charge in [-0.25, -0.2) is 0 Å². The van der Waals surface area contributed by atoms with Gasteiger partial charge in [-0.05, 0) is 48.8 Å². The van der Waals surface area contributed by atoms with Crippen molar-refractivity contribution in [1.82, 2.24) is 5.32 Å². The molecule has 21 heavy (non-hydrogen) atoms. The molecule has 1 unspecified atom stereocenters. The summed E-state index contributed by atoms with van der Waals surface area (Å²) >= 11 is 0. The van der Waals surface area contributed by atoms with E-state index in [2.05, 4.69) is 31.3 Å². The molecule has 1 aliphatic rings. The van der Waals surface area contributed by atoms with Crippen LogP contribution in [0.4, 0.5) is 0 Å². The third kappa shape index (κ3) is 4.74. The van der Waals surface area contributed by atoms with Crippen molar-refractivity contribution in [2.24, 2.45) is 11.7 Å². The number of benzene rings is 1. The summed E-state index contributed by atoms with van der Waals surface area (Å²) in [6.45, 7) is 6.84. The van der Waals surface area contributed by atoms with E-state index in [0.717, 1.165) is 16.9 Å². The Morgan fingerprint density at radius 3 is 2.76 bits per heavy atom. The lowest BCUT2D eigenvalue weighted by atomic mass is 10.0. The molecular formula is C17H26N2O2. The number of carbonyl (C=O) groups is 1. The molecular weight excluding hydrogens is 264 g/mol. The summed E-state index contributed by atoms with van der Waals surface area (Å²) in [7, 11) is 0. The molecule has 0 bridgehead atoms. The predicted molar refractivity (Wildman–Crippen MR) is 84.5 cm³/mol. The first-order valence-electron chi connectivity index (χ1n) is 7.73. The van der Waals surface area contributed by atoms with Crippen molar-refractivity contribution in [2.75, 3.05) is 13.2 Å². The summed E-state index contributed by atoms with van der Waals surface area (Å²) in [4.78, 5) is 11.8. The van der Waals surface area contributed by atoms with E-state index in [1.54, 1.807) is 0 Å². The largest absolute Gasteiger partial charge is 0.483 e. The first-order valence-corrected chi connectivity index (χ1v) is 7.73. The first-order chi connectivity index (χ1) is 9.97. The molecule has 1 aliphatic carbocycles. The number of hydrogen-bond acceptors (Lipinski definition) is 3. The normalized spacial score (nSPS) is 15.9. The molecule has 1 amide bonds. The van der Waals surface area contributed by atoms with E-state index in [0.29, 0.717) is 18.4 Å². The topological polar surface area (TPSA) is 64.3 Å². The fourth-order valence-corrected chi connectivity index (χ4v) is 2.36. The Kier molecular flexibility index (Phi) is 5.23. The number of aryl methyl sites for hydroxylation is 1. The van der Waals surface area contributed by atoms with Crippen LogP contribution in [-0.4, -0.2) is 25.1 Å². The molecule has 0 radical (unpaired) electrons. The van der Waals surface area contributed by atoms with Gasteiger partial charge in [-0.3, -0.25) is 4.79 Å². The SMILES string of the molecule is Cc1ccc(C(C)C)c(OCC(=O)NCC(N)C2CC2)c1. The lowest BCUT2D eigenvalue weighted by molar-refractivity contribution is -0.123. The van der Waals surface area contributed by atoms with E-state index in [-0.39, 0.29) is 18.6 Å². The van der Waals surface area contributed by atoms with Crippen molar-refractivity contribution in [2.45, 2.75) is 45.6 Å². The van der Waals surface area contributed by atoms with Gasteiger partial charge in [0.25, 0.3) is 5.91 Å². The van der Waals surface area contributed by atoms with E-state index >= 15 is 0 Å². The van der Waals surface area contributed by atoms with Crippen molar-refractivity contribution < 1.29 is 9.53 Å². The molecule has 3 N–H and O–H groups in total. The first kappa shape index (κ1) is 15.8. The molecule has 1 atom stereocenters. The van der Waals surface area contributed by atoms with Gasteiger partial charge in [0.15, 0.2) is 6.61 Å². The second-order valence-electron chi connectivity index (χ2n) is 6.29. The van der Waals surface area contributed by atoms with E-state index in [9.17, 15) is 4.79 Å². The highest BCUT2D eigenvalue weighted by Gasteiger charge is 2.28. The molecule has 2 rings (SSSR count). The van der Waals surface area contributed by atoms with Gasteiger partial charge in [0.1, 0.15) is 5.75 Å². The maximum Gasteiger partial charge on any atom is 0.257 e. The van der Waals surface area contributed by atoms with E-state index in [1.165, 1.54) is 12.8 Å². The van der Waals surface area contributed by atoms with E-state index < -0.39 is 0 Å². The highest BCUT2D eigenvalue weighted by molar-refractivity contribution is 5.77. The molecule has 1 saturated carbocycles. The van der Waals surface area contributed by atoms with Gasteiger partial charge in [-0.2, -0.15) is 0 Å². The van der Waals surface area contributed by atoms with Crippen LogP contribution in [0.3, 0.4) is 0 Å². The zero-order valence-corrected chi connectivity index (χ0v) is 13.2. The van der Waals surface area contributed by atoms with Crippen molar-refractivity contribution >= 4 is 5.91 Å². The fraction of sp³-hybridized carbons (Fsp3) is 0.588. The molecule has 1 aromatic rings. The third-order valence-corrected chi connectivity index (χ3v) is 3.91. The van der Waals surface area contributed by atoms with Crippen molar-refractivity contribution in [3.05, 3.63) is 29.3 Å². The summed E-state index contributed by atoms with van der Waals surface area (Å²) < 4.78 is 5.70. The van der Waals surface area contributed by atoms with Crippen LogP contribution in [0.25, 0.3) is 0 Å². The molecule has 1 fully saturated rings. The van der Waals surface area contributed by atoms with Crippen molar-refractivity contribution in [3.8, 4) is 5.75 Å². The van der Waals surface area contributed by atoms with Crippen molar-refractivity contribution in [1.29, 1.82) is 0 Å². The van der Waals surface area contributed by atoms with E-state index in [4.69, 9.17) is 10.5 Å². The second kappa shape index (κ2) is 6.94. The molecule has 116 valence electrons. The van der Waals surface area contributed by atoms with Crippen LogP contribution in [-0.2, 0) is 4.79 Å². The zero-order valence-electron chi connectivity index (χ0n) is 13.2. The Bertz CT molecular complexity index is 496. The predicted octanol–water partition coefficient (Wildman–Crippen LogP) is 2.35. The zero-order chi connectivity index (χ0) is 15.4.